The first-order valence-electron chi connectivity index (χ1n) is 9.24. The predicted octanol–water partition coefficient (Wildman–Crippen LogP) is 3.15. The number of aryl methyl sites for hydroxylation is 1. The molecule has 0 aromatic heterocycles. The van der Waals surface area contributed by atoms with Gasteiger partial charge in [-0.05, 0) is 70.2 Å². The monoisotopic (exact) mass is 329 g/mol. The lowest BCUT2D eigenvalue weighted by Gasteiger charge is -2.43. The number of carbonyl (C=O) groups excluding carboxylic acids is 1. The molecule has 0 radical (unpaired) electrons. The summed E-state index contributed by atoms with van der Waals surface area (Å²) >= 11 is 0. The van der Waals surface area contributed by atoms with E-state index in [1.807, 2.05) is 6.07 Å². The number of anilines is 1. The van der Waals surface area contributed by atoms with E-state index in [2.05, 4.69) is 43.4 Å². The first-order chi connectivity index (χ1) is 11.4. The molecule has 3 rings (SSSR count). The molecule has 0 aliphatic heterocycles. The van der Waals surface area contributed by atoms with Crippen molar-refractivity contribution in [2.75, 3.05) is 19.4 Å². The summed E-state index contributed by atoms with van der Waals surface area (Å²) < 4.78 is 0. The largest absolute Gasteiger partial charge is 0.327 e. The topological polar surface area (TPSA) is 58.4 Å². The molecule has 1 aromatic rings. The van der Waals surface area contributed by atoms with Crippen molar-refractivity contribution in [2.24, 2.45) is 23.5 Å². The van der Waals surface area contributed by atoms with Gasteiger partial charge >= 0.3 is 0 Å². The second kappa shape index (κ2) is 7.24. The minimum atomic E-state index is 0.119. The minimum absolute atomic E-state index is 0.119. The number of hydrogen-bond acceptors (Lipinski definition) is 3. The molecule has 0 saturated heterocycles. The normalized spacial score (nSPS) is 29.5. The third-order valence-corrected chi connectivity index (χ3v) is 5.79. The van der Waals surface area contributed by atoms with Gasteiger partial charge in [0.2, 0.25) is 5.91 Å². The lowest BCUT2D eigenvalue weighted by molar-refractivity contribution is -0.122. The van der Waals surface area contributed by atoms with E-state index < -0.39 is 0 Å². The Morgan fingerprint density at radius 2 is 1.92 bits per heavy atom. The Kier molecular flexibility index (Phi) is 5.26. The second-order valence-electron chi connectivity index (χ2n) is 8.08. The lowest BCUT2D eigenvalue weighted by atomic mass is 9.65. The Labute approximate surface area is 145 Å². The molecule has 0 heterocycles. The van der Waals surface area contributed by atoms with E-state index in [0.29, 0.717) is 17.9 Å². The van der Waals surface area contributed by atoms with Crippen molar-refractivity contribution in [3.8, 4) is 0 Å². The van der Waals surface area contributed by atoms with Crippen LogP contribution in [0.1, 0.15) is 43.2 Å². The Morgan fingerprint density at radius 3 is 2.54 bits per heavy atom. The number of nitrogens with two attached hydrogens (primary N) is 1. The number of amides is 1. The third kappa shape index (κ3) is 3.81. The average molecular weight is 329 g/mol. The first kappa shape index (κ1) is 17.4. The first-order valence-corrected chi connectivity index (χ1v) is 9.24. The van der Waals surface area contributed by atoms with Crippen LogP contribution < -0.4 is 11.1 Å². The molecule has 1 aromatic carbocycles. The van der Waals surface area contributed by atoms with Gasteiger partial charge in [-0.1, -0.05) is 24.1 Å². The highest BCUT2D eigenvalue weighted by Crippen LogP contribution is 2.42. The molecule has 4 heteroatoms. The van der Waals surface area contributed by atoms with Crippen LogP contribution in [0.5, 0.6) is 0 Å². The molecule has 2 aliphatic rings. The van der Waals surface area contributed by atoms with E-state index in [1.54, 1.807) is 0 Å². The van der Waals surface area contributed by atoms with Gasteiger partial charge in [-0.15, -0.1) is 0 Å². The fourth-order valence-electron chi connectivity index (χ4n) is 4.55. The molecule has 2 saturated carbocycles. The molecule has 2 fully saturated rings. The zero-order valence-corrected chi connectivity index (χ0v) is 15.2. The van der Waals surface area contributed by atoms with Crippen molar-refractivity contribution in [1.29, 1.82) is 0 Å². The molecular formula is C20H31N3O. The highest BCUT2D eigenvalue weighted by Gasteiger charge is 2.40. The molecule has 4 nitrogen and oxygen atoms in total. The Hall–Kier alpha value is -1.39. The number of nitrogens with zero attached hydrogens (tertiary/aromatic N) is 1. The second-order valence-corrected chi connectivity index (χ2v) is 8.08. The molecule has 0 spiro atoms. The SMILES string of the molecule is Cc1ccc(NC(=O)C2CC3CCCC(C2)C3N)c(CN(C)C)c1. The summed E-state index contributed by atoms with van der Waals surface area (Å²) in [5.74, 6) is 1.37. The van der Waals surface area contributed by atoms with Gasteiger partial charge < -0.3 is 16.0 Å². The number of hydrogen-bond donors (Lipinski definition) is 2. The molecule has 3 N–H and O–H groups in total. The highest BCUT2D eigenvalue weighted by atomic mass is 16.1. The molecule has 132 valence electrons. The maximum Gasteiger partial charge on any atom is 0.227 e. The van der Waals surface area contributed by atoms with Crippen molar-refractivity contribution >= 4 is 11.6 Å². The number of benzene rings is 1. The fraction of sp³-hybridized carbons (Fsp3) is 0.650. The van der Waals surface area contributed by atoms with Crippen LogP contribution in [0.15, 0.2) is 18.2 Å². The van der Waals surface area contributed by atoms with Gasteiger partial charge in [0.15, 0.2) is 0 Å². The van der Waals surface area contributed by atoms with Crippen LogP contribution in [0.3, 0.4) is 0 Å². The van der Waals surface area contributed by atoms with Gasteiger partial charge in [-0.2, -0.15) is 0 Å². The third-order valence-electron chi connectivity index (χ3n) is 5.79. The summed E-state index contributed by atoms with van der Waals surface area (Å²) in [5, 5.41) is 3.21. The van der Waals surface area contributed by atoms with E-state index in [-0.39, 0.29) is 11.8 Å². The van der Waals surface area contributed by atoms with E-state index in [4.69, 9.17) is 5.73 Å². The summed E-state index contributed by atoms with van der Waals surface area (Å²) in [6, 6.07) is 6.59. The van der Waals surface area contributed by atoms with Crippen LogP contribution in [0.4, 0.5) is 5.69 Å². The van der Waals surface area contributed by atoms with Crippen molar-refractivity contribution in [1.82, 2.24) is 4.90 Å². The Bertz CT molecular complexity index is 585. The smallest absolute Gasteiger partial charge is 0.227 e. The highest BCUT2D eigenvalue weighted by molar-refractivity contribution is 5.93. The van der Waals surface area contributed by atoms with Crippen LogP contribution in [-0.4, -0.2) is 30.9 Å². The Morgan fingerprint density at radius 1 is 1.25 bits per heavy atom. The fourth-order valence-corrected chi connectivity index (χ4v) is 4.55. The van der Waals surface area contributed by atoms with E-state index in [0.717, 1.165) is 25.1 Å². The number of nitrogens with one attached hydrogen (secondary N) is 1. The number of rotatable bonds is 4. The summed E-state index contributed by atoms with van der Waals surface area (Å²) in [7, 11) is 4.11. The molecule has 2 unspecified atom stereocenters. The van der Waals surface area contributed by atoms with Gasteiger partial charge in [-0.3, -0.25) is 4.79 Å². The maximum absolute atomic E-state index is 12.9. The van der Waals surface area contributed by atoms with Gasteiger partial charge in [0.25, 0.3) is 0 Å². The maximum atomic E-state index is 12.9. The van der Waals surface area contributed by atoms with E-state index in [9.17, 15) is 4.79 Å². The van der Waals surface area contributed by atoms with Crippen LogP contribution >= 0.6 is 0 Å². The van der Waals surface area contributed by atoms with E-state index >= 15 is 0 Å². The van der Waals surface area contributed by atoms with E-state index in [1.165, 1.54) is 30.4 Å². The van der Waals surface area contributed by atoms with Crippen LogP contribution in [0.25, 0.3) is 0 Å². The quantitative estimate of drug-likeness (QED) is 0.892. The number of carbonyl (C=O) groups is 1. The average Bonchev–Trinajstić information content (AvgIpc) is 2.49. The summed E-state index contributed by atoms with van der Waals surface area (Å²) in [6.45, 7) is 2.92. The van der Waals surface area contributed by atoms with Crippen LogP contribution in [0, 0.1) is 24.7 Å². The van der Waals surface area contributed by atoms with Crippen molar-refractivity contribution in [3.05, 3.63) is 29.3 Å². The van der Waals surface area contributed by atoms with Crippen molar-refractivity contribution in [2.45, 2.75) is 51.6 Å². The molecular weight excluding hydrogens is 298 g/mol. The van der Waals surface area contributed by atoms with Gasteiger partial charge in [0.05, 0.1) is 0 Å². The van der Waals surface area contributed by atoms with Crippen LogP contribution in [-0.2, 0) is 11.3 Å². The molecule has 24 heavy (non-hydrogen) atoms. The standard InChI is InChI=1S/C20H31N3O/c1-13-7-8-18(17(9-13)12-23(2)3)22-20(24)16-10-14-5-4-6-15(11-16)19(14)21/h7-9,14-16,19H,4-6,10-12,21H2,1-3H3,(H,22,24). The zero-order valence-electron chi connectivity index (χ0n) is 15.2. The zero-order chi connectivity index (χ0) is 17.3. The molecule has 1 amide bonds. The number of fused-ring (bicyclic) bond motifs is 2. The van der Waals surface area contributed by atoms with Gasteiger partial charge in [0, 0.05) is 24.2 Å². The molecule has 2 bridgehead atoms. The van der Waals surface area contributed by atoms with Gasteiger partial charge in [0.1, 0.15) is 0 Å². The van der Waals surface area contributed by atoms with Gasteiger partial charge in [-0.25, -0.2) is 0 Å². The summed E-state index contributed by atoms with van der Waals surface area (Å²) in [5.41, 5.74) is 9.72. The summed E-state index contributed by atoms with van der Waals surface area (Å²) in [4.78, 5) is 15.0. The lowest BCUT2D eigenvalue weighted by Crippen LogP contribution is -2.48. The van der Waals surface area contributed by atoms with Crippen molar-refractivity contribution in [3.63, 3.8) is 0 Å². The predicted molar refractivity (Wildman–Crippen MR) is 98.7 cm³/mol. The molecule has 2 atom stereocenters. The summed E-state index contributed by atoms with van der Waals surface area (Å²) in [6.07, 6.45) is 5.58. The minimum Gasteiger partial charge on any atom is -0.327 e. The molecule has 2 aliphatic carbocycles. The Balaban J connectivity index is 1.71. The van der Waals surface area contributed by atoms with Crippen LogP contribution in [0.2, 0.25) is 0 Å². The van der Waals surface area contributed by atoms with Crippen molar-refractivity contribution < 1.29 is 4.79 Å².